The second-order valence-corrected chi connectivity index (χ2v) is 15.6. The molecule has 4 N–H and O–H groups in total. The number of ketones is 1. The van der Waals surface area contributed by atoms with Gasteiger partial charge in [-0.15, -0.1) is 0 Å². The minimum atomic E-state index is -4.74. The number of carbonyl (C=O) groups is 4. The highest BCUT2D eigenvalue weighted by molar-refractivity contribution is 7.47. The van der Waals surface area contributed by atoms with Crippen LogP contribution in [0.1, 0.15) is 174 Å². The van der Waals surface area contributed by atoms with Gasteiger partial charge in [0.15, 0.2) is 11.9 Å². The molecule has 0 saturated heterocycles. The van der Waals surface area contributed by atoms with Gasteiger partial charge in [-0.05, 0) is 63.9 Å². The molecular weight excluding hydrogens is 725 g/mol. The zero-order valence-electron chi connectivity index (χ0n) is 34.0. The summed E-state index contributed by atoms with van der Waals surface area (Å²) in [7, 11) is -4.74. The van der Waals surface area contributed by atoms with E-state index in [0.29, 0.717) is 19.3 Å². The summed E-state index contributed by atoms with van der Waals surface area (Å²) in [5, 5.41) is 8.87. The smallest absolute Gasteiger partial charge is 0.472 e. The number of hydrogen-bond donors (Lipinski definition) is 3. The zero-order valence-corrected chi connectivity index (χ0v) is 34.9. The number of unbranched alkanes of at least 4 members (excludes halogenated alkanes) is 18. The Morgan fingerprint density at radius 3 is 1.65 bits per heavy atom. The molecule has 0 amide bonds. The number of nitrogens with two attached hydrogens (primary N) is 1. The van der Waals surface area contributed by atoms with Crippen molar-refractivity contribution in [3.05, 3.63) is 36.5 Å². The Morgan fingerprint density at radius 1 is 0.600 bits per heavy atom. The predicted molar refractivity (Wildman–Crippen MR) is 217 cm³/mol. The Morgan fingerprint density at radius 2 is 1.07 bits per heavy atom. The van der Waals surface area contributed by atoms with Crippen LogP contribution in [0.5, 0.6) is 0 Å². The standard InChI is InChI=1S/C42H74NO11P/c1-3-5-7-8-9-10-11-12-13-14-15-18-21-24-28-32-40(45)51-34-38(35-52-55(49,50)53-36-39(43)42(47)48)54-41(46)33-29-25-22-19-16-17-20-23-27-31-37(44)30-26-6-4-2/h10-11,20,23,27,31,38-39H,3-9,12-19,21-22,24-26,28-30,32-36,43H2,1-2H3,(H,47,48)(H,49,50)/b11-10-,23-20-,31-27+/t38-,39+/m1/s1. The van der Waals surface area contributed by atoms with Gasteiger partial charge in [-0.25, -0.2) is 4.57 Å². The number of phosphoric ester groups is 1. The monoisotopic (exact) mass is 799 g/mol. The number of phosphoric acid groups is 1. The third kappa shape index (κ3) is 36.7. The molecule has 0 aromatic heterocycles. The van der Waals surface area contributed by atoms with Crippen LogP contribution in [0.3, 0.4) is 0 Å². The van der Waals surface area contributed by atoms with Gasteiger partial charge in [0.1, 0.15) is 12.6 Å². The van der Waals surface area contributed by atoms with E-state index in [2.05, 4.69) is 30.5 Å². The summed E-state index contributed by atoms with van der Waals surface area (Å²) in [6.45, 7) is 2.58. The molecule has 0 aromatic carbocycles. The van der Waals surface area contributed by atoms with Crippen LogP contribution < -0.4 is 5.73 Å². The summed E-state index contributed by atoms with van der Waals surface area (Å²) in [4.78, 5) is 57.6. The van der Waals surface area contributed by atoms with Gasteiger partial charge in [0, 0.05) is 19.3 Å². The van der Waals surface area contributed by atoms with Crippen LogP contribution >= 0.6 is 7.82 Å². The largest absolute Gasteiger partial charge is 0.480 e. The summed E-state index contributed by atoms with van der Waals surface area (Å²) < 4.78 is 32.6. The molecule has 3 atom stereocenters. The molecule has 13 heteroatoms. The Balaban J connectivity index is 4.46. The number of ether oxygens (including phenoxy) is 2. The molecule has 12 nitrogen and oxygen atoms in total. The van der Waals surface area contributed by atoms with Gasteiger partial charge < -0.3 is 25.2 Å². The molecule has 1 unspecified atom stereocenters. The summed E-state index contributed by atoms with van der Waals surface area (Å²) in [6, 6.07) is -1.54. The molecule has 0 radical (unpaired) electrons. The lowest BCUT2D eigenvalue weighted by atomic mass is 10.1. The molecule has 0 aliphatic carbocycles. The molecule has 0 heterocycles. The van der Waals surface area contributed by atoms with Crippen molar-refractivity contribution in [2.75, 3.05) is 19.8 Å². The quantitative estimate of drug-likeness (QED) is 0.0133. The summed E-state index contributed by atoms with van der Waals surface area (Å²) in [5.74, 6) is -2.30. The lowest BCUT2D eigenvalue weighted by Crippen LogP contribution is -2.34. The number of carboxylic acids is 1. The zero-order chi connectivity index (χ0) is 40.8. The van der Waals surface area contributed by atoms with E-state index in [0.717, 1.165) is 77.0 Å². The summed E-state index contributed by atoms with van der Waals surface area (Å²) >= 11 is 0. The number of carboxylic acid groups (broad SMARTS) is 1. The van der Waals surface area contributed by atoms with Gasteiger partial charge in [0.05, 0.1) is 13.2 Å². The highest BCUT2D eigenvalue weighted by Gasteiger charge is 2.28. The van der Waals surface area contributed by atoms with Crippen LogP contribution in [-0.4, -0.2) is 65.7 Å². The van der Waals surface area contributed by atoms with Crippen molar-refractivity contribution < 1.29 is 52.3 Å². The van der Waals surface area contributed by atoms with Gasteiger partial charge in [0.25, 0.3) is 0 Å². The number of esters is 2. The van der Waals surface area contributed by atoms with Crippen LogP contribution in [0.2, 0.25) is 0 Å². The van der Waals surface area contributed by atoms with Crippen LogP contribution in [0.25, 0.3) is 0 Å². The van der Waals surface area contributed by atoms with Gasteiger partial charge in [0.2, 0.25) is 0 Å². The minimum Gasteiger partial charge on any atom is -0.480 e. The molecule has 0 spiro atoms. The van der Waals surface area contributed by atoms with E-state index in [9.17, 15) is 28.6 Å². The summed E-state index contributed by atoms with van der Waals surface area (Å²) in [6.07, 6.45) is 34.7. The average molecular weight is 800 g/mol. The molecule has 0 aliphatic heterocycles. The lowest BCUT2D eigenvalue weighted by Gasteiger charge is -2.20. The molecule has 55 heavy (non-hydrogen) atoms. The van der Waals surface area contributed by atoms with E-state index < -0.39 is 51.1 Å². The molecule has 0 aromatic rings. The van der Waals surface area contributed by atoms with Crippen molar-refractivity contribution in [1.82, 2.24) is 0 Å². The third-order valence-corrected chi connectivity index (χ3v) is 9.79. The maximum atomic E-state index is 12.6. The second-order valence-electron chi connectivity index (χ2n) is 14.2. The van der Waals surface area contributed by atoms with Crippen LogP contribution in [0, 0.1) is 0 Å². The second kappa shape index (κ2) is 37.0. The highest BCUT2D eigenvalue weighted by Crippen LogP contribution is 2.43. The van der Waals surface area contributed by atoms with Crippen molar-refractivity contribution >= 4 is 31.5 Å². The fraction of sp³-hybridized carbons (Fsp3) is 0.762. The molecule has 0 bridgehead atoms. The third-order valence-electron chi connectivity index (χ3n) is 8.84. The molecule has 0 aliphatic rings. The fourth-order valence-electron chi connectivity index (χ4n) is 5.45. The first-order valence-electron chi connectivity index (χ1n) is 21.0. The number of aliphatic carboxylic acids is 1. The highest BCUT2D eigenvalue weighted by atomic mass is 31.2. The molecular formula is C42H74NO11P. The molecule has 318 valence electrons. The Kier molecular flexibility index (Phi) is 35.2. The number of carbonyl (C=O) groups excluding carboxylic acids is 3. The number of rotatable bonds is 39. The number of hydrogen-bond acceptors (Lipinski definition) is 10. The van der Waals surface area contributed by atoms with Crippen LogP contribution in [0.15, 0.2) is 36.5 Å². The van der Waals surface area contributed by atoms with Gasteiger partial charge >= 0.3 is 25.7 Å². The van der Waals surface area contributed by atoms with E-state index in [1.54, 1.807) is 12.2 Å². The fourth-order valence-corrected chi connectivity index (χ4v) is 6.23. The van der Waals surface area contributed by atoms with E-state index in [-0.39, 0.29) is 25.2 Å². The summed E-state index contributed by atoms with van der Waals surface area (Å²) in [5.41, 5.74) is 5.32. The first-order valence-corrected chi connectivity index (χ1v) is 22.5. The van der Waals surface area contributed by atoms with E-state index in [1.807, 2.05) is 12.2 Å². The number of allylic oxidation sites excluding steroid dienone is 6. The predicted octanol–water partition coefficient (Wildman–Crippen LogP) is 10.0. The van der Waals surface area contributed by atoms with E-state index in [4.69, 9.17) is 24.8 Å². The Bertz CT molecular complexity index is 1140. The van der Waals surface area contributed by atoms with Crippen molar-refractivity contribution in [3.8, 4) is 0 Å². The van der Waals surface area contributed by atoms with E-state index >= 15 is 0 Å². The average Bonchev–Trinajstić information content (AvgIpc) is 3.15. The SMILES string of the molecule is CCCCCC/C=C\CCCCCCCCCC(=O)OC[C@H](COP(=O)(O)OC[C@H](N)C(=O)O)OC(=O)CCCCCCC/C=C\C=C\C(=O)CCCCC. The van der Waals surface area contributed by atoms with Gasteiger partial charge in [-0.1, -0.05) is 128 Å². The first-order chi connectivity index (χ1) is 26.5. The van der Waals surface area contributed by atoms with Crippen LogP contribution in [-0.2, 0) is 42.3 Å². The van der Waals surface area contributed by atoms with Gasteiger partial charge in [-0.2, -0.15) is 0 Å². The topological polar surface area (TPSA) is 189 Å². The van der Waals surface area contributed by atoms with E-state index in [1.165, 1.54) is 51.4 Å². The normalized spacial score (nSPS) is 14.0. The maximum absolute atomic E-state index is 12.6. The minimum absolute atomic E-state index is 0.109. The first kappa shape index (κ1) is 52.4. The molecule has 0 fully saturated rings. The Labute approximate surface area is 331 Å². The molecule has 0 rings (SSSR count). The van der Waals surface area contributed by atoms with Crippen molar-refractivity contribution in [2.24, 2.45) is 5.73 Å². The van der Waals surface area contributed by atoms with Gasteiger partial charge in [-0.3, -0.25) is 28.2 Å². The Hall–Kier alpha value is -2.63. The van der Waals surface area contributed by atoms with Crippen LogP contribution in [0.4, 0.5) is 0 Å². The van der Waals surface area contributed by atoms with Crippen molar-refractivity contribution in [3.63, 3.8) is 0 Å². The van der Waals surface area contributed by atoms with Crippen molar-refractivity contribution in [1.29, 1.82) is 0 Å². The van der Waals surface area contributed by atoms with Crippen molar-refractivity contribution in [2.45, 2.75) is 187 Å². The maximum Gasteiger partial charge on any atom is 0.472 e. The molecule has 0 saturated carbocycles. The lowest BCUT2D eigenvalue weighted by molar-refractivity contribution is -0.161.